The van der Waals surface area contributed by atoms with Crippen molar-refractivity contribution in [2.45, 2.75) is 37.8 Å². The largest absolute Gasteiger partial charge is 0.487 e. The normalized spacial score (nSPS) is 12.9. The molecule has 0 aliphatic carbocycles. The van der Waals surface area contributed by atoms with E-state index in [1.807, 2.05) is 18.2 Å². The summed E-state index contributed by atoms with van der Waals surface area (Å²) in [6, 6.07) is 18.2. The fourth-order valence-corrected chi connectivity index (χ4v) is 5.04. The van der Waals surface area contributed by atoms with E-state index >= 15 is 0 Å². The van der Waals surface area contributed by atoms with Crippen molar-refractivity contribution in [1.29, 1.82) is 0 Å². The van der Waals surface area contributed by atoms with Crippen molar-refractivity contribution in [2.24, 2.45) is 0 Å². The average Bonchev–Trinajstić information content (AvgIpc) is 2.85. The number of anilines is 1. The SMILES string of the molecule is CCC(Cc1ccccc1)S(=O)(=O)Nc1ccc(C(F)(F)F)cc1OCc1ccc(/C=C/C(=O)O)cc1. The fraction of sp³-hybridized carbons (Fsp3) is 0.222. The highest BCUT2D eigenvalue weighted by molar-refractivity contribution is 7.93. The van der Waals surface area contributed by atoms with Crippen LogP contribution in [0.15, 0.2) is 78.9 Å². The number of carbonyl (C=O) groups is 1. The van der Waals surface area contributed by atoms with Gasteiger partial charge in [-0.05, 0) is 53.8 Å². The van der Waals surface area contributed by atoms with E-state index in [4.69, 9.17) is 9.84 Å². The molecule has 3 aromatic carbocycles. The van der Waals surface area contributed by atoms with Crippen LogP contribution in [-0.2, 0) is 34.0 Å². The standard InChI is InChI=1S/C27H26F3NO5S/c1-2-23(16-20-6-4-3-5-7-20)37(34,35)31-24-14-13-22(27(28,29)30)17-25(24)36-18-21-10-8-19(9-11-21)12-15-26(32)33/h3-15,17,23,31H,2,16,18H2,1H3,(H,32,33)/b15-12+. The maximum atomic E-state index is 13.4. The number of halogens is 3. The number of hydrogen-bond acceptors (Lipinski definition) is 4. The predicted molar refractivity (Wildman–Crippen MR) is 136 cm³/mol. The summed E-state index contributed by atoms with van der Waals surface area (Å²) in [4.78, 5) is 10.6. The second-order valence-electron chi connectivity index (χ2n) is 8.28. The van der Waals surface area contributed by atoms with Crippen LogP contribution in [0.3, 0.4) is 0 Å². The Morgan fingerprint density at radius 2 is 1.70 bits per heavy atom. The third-order valence-electron chi connectivity index (χ3n) is 5.55. The van der Waals surface area contributed by atoms with Crippen LogP contribution < -0.4 is 9.46 Å². The zero-order chi connectivity index (χ0) is 27.1. The molecule has 2 N–H and O–H groups in total. The maximum absolute atomic E-state index is 13.4. The van der Waals surface area contributed by atoms with Crippen LogP contribution in [0.2, 0.25) is 0 Å². The first-order valence-corrected chi connectivity index (χ1v) is 12.9. The first kappa shape index (κ1) is 27.8. The van der Waals surface area contributed by atoms with E-state index in [1.165, 1.54) is 6.08 Å². The number of carboxylic acid groups (broad SMARTS) is 1. The molecule has 37 heavy (non-hydrogen) atoms. The molecule has 196 valence electrons. The van der Waals surface area contributed by atoms with E-state index in [2.05, 4.69) is 4.72 Å². The van der Waals surface area contributed by atoms with E-state index in [0.29, 0.717) is 17.5 Å². The summed E-state index contributed by atoms with van der Waals surface area (Å²) in [6.07, 6.45) is -1.73. The molecule has 0 aliphatic rings. The molecule has 0 aliphatic heterocycles. The molecule has 3 rings (SSSR count). The molecule has 6 nitrogen and oxygen atoms in total. The van der Waals surface area contributed by atoms with Gasteiger partial charge in [0, 0.05) is 6.08 Å². The number of alkyl halides is 3. The van der Waals surface area contributed by atoms with Gasteiger partial charge in [0.2, 0.25) is 10.0 Å². The number of sulfonamides is 1. The van der Waals surface area contributed by atoms with Gasteiger partial charge in [-0.2, -0.15) is 13.2 Å². The molecule has 1 unspecified atom stereocenters. The number of benzene rings is 3. The van der Waals surface area contributed by atoms with Crippen LogP contribution in [0.1, 0.15) is 35.6 Å². The van der Waals surface area contributed by atoms with E-state index in [1.54, 1.807) is 43.3 Å². The first-order chi connectivity index (χ1) is 17.5. The van der Waals surface area contributed by atoms with Crippen molar-refractivity contribution in [3.05, 3.63) is 101 Å². The highest BCUT2D eigenvalue weighted by atomic mass is 32.2. The van der Waals surface area contributed by atoms with E-state index in [0.717, 1.165) is 29.8 Å². The Morgan fingerprint density at radius 1 is 1.03 bits per heavy atom. The van der Waals surface area contributed by atoms with Crippen LogP contribution >= 0.6 is 0 Å². The van der Waals surface area contributed by atoms with Gasteiger partial charge in [-0.15, -0.1) is 0 Å². The molecular weight excluding hydrogens is 507 g/mol. The smallest absolute Gasteiger partial charge is 0.416 e. The highest BCUT2D eigenvalue weighted by Gasteiger charge is 2.32. The Balaban J connectivity index is 1.83. The lowest BCUT2D eigenvalue weighted by Crippen LogP contribution is -2.29. The third kappa shape index (κ3) is 8.11. The third-order valence-corrected chi connectivity index (χ3v) is 7.44. The number of carboxylic acids is 1. The van der Waals surface area contributed by atoms with Crippen LogP contribution in [-0.4, -0.2) is 24.7 Å². The summed E-state index contributed by atoms with van der Waals surface area (Å²) in [7, 11) is -3.96. The van der Waals surface area contributed by atoms with Gasteiger partial charge >= 0.3 is 12.1 Å². The Labute approximate surface area is 213 Å². The number of aliphatic carboxylic acids is 1. The van der Waals surface area contributed by atoms with Crippen LogP contribution in [0.25, 0.3) is 6.08 Å². The minimum absolute atomic E-state index is 0.0967. The Kier molecular flexibility index (Phi) is 8.99. The Morgan fingerprint density at radius 3 is 2.30 bits per heavy atom. The molecule has 0 fully saturated rings. The molecule has 1 atom stereocenters. The second-order valence-corrected chi connectivity index (χ2v) is 10.2. The lowest BCUT2D eigenvalue weighted by Gasteiger charge is -2.20. The van der Waals surface area contributed by atoms with Gasteiger partial charge in [0.05, 0.1) is 16.5 Å². The lowest BCUT2D eigenvalue weighted by atomic mass is 10.1. The summed E-state index contributed by atoms with van der Waals surface area (Å²) >= 11 is 0. The summed E-state index contributed by atoms with van der Waals surface area (Å²) in [5.41, 5.74) is 0.957. The van der Waals surface area contributed by atoms with Gasteiger partial charge in [0.15, 0.2) is 0 Å². The molecule has 10 heteroatoms. The van der Waals surface area contributed by atoms with Crippen molar-refractivity contribution in [3.8, 4) is 5.75 Å². The van der Waals surface area contributed by atoms with E-state index < -0.39 is 33.0 Å². The van der Waals surface area contributed by atoms with Gasteiger partial charge in [-0.3, -0.25) is 4.72 Å². The van der Waals surface area contributed by atoms with Crippen molar-refractivity contribution in [3.63, 3.8) is 0 Å². The monoisotopic (exact) mass is 533 g/mol. The summed E-state index contributed by atoms with van der Waals surface area (Å²) in [5, 5.41) is 7.91. The van der Waals surface area contributed by atoms with Gasteiger partial charge in [0.1, 0.15) is 12.4 Å². The van der Waals surface area contributed by atoms with Gasteiger partial charge in [-0.1, -0.05) is 61.5 Å². The number of rotatable bonds is 11. The van der Waals surface area contributed by atoms with Crippen molar-refractivity contribution in [1.82, 2.24) is 0 Å². The molecule has 0 aromatic heterocycles. The molecule has 0 saturated heterocycles. The van der Waals surface area contributed by atoms with Gasteiger partial charge in [-0.25, -0.2) is 13.2 Å². The average molecular weight is 534 g/mol. The van der Waals surface area contributed by atoms with E-state index in [-0.39, 0.29) is 24.5 Å². The first-order valence-electron chi connectivity index (χ1n) is 11.4. The highest BCUT2D eigenvalue weighted by Crippen LogP contribution is 2.36. The fourth-order valence-electron chi connectivity index (χ4n) is 3.54. The molecule has 0 amide bonds. The maximum Gasteiger partial charge on any atom is 0.416 e. The lowest BCUT2D eigenvalue weighted by molar-refractivity contribution is -0.137. The van der Waals surface area contributed by atoms with Crippen LogP contribution in [0, 0.1) is 0 Å². The topological polar surface area (TPSA) is 92.7 Å². The Bertz CT molecular complexity index is 1340. The molecule has 0 bridgehead atoms. The minimum Gasteiger partial charge on any atom is -0.487 e. The zero-order valence-electron chi connectivity index (χ0n) is 19.9. The van der Waals surface area contributed by atoms with Gasteiger partial charge < -0.3 is 9.84 Å². The van der Waals surface area contributed by atoms with Crippen LogP contribution in [0.5, 0.6) is 5.75 Å². The summed E-state index contributed by atoms with van der Waals surface area (Å²) in [5.74, 6) is -1.36. The van der Waals surface area contributed by atoms with Crippen molar-refractivity contribution >= 4 is 27.8 Å². The van der Waals surface area contributed by atoms with Gasteiger partial charge in [0.25, 0.3) is 0 Å². The number of hydrogen-bond donors (Lipinski definition) is 2. The zero-order valence-corrected chi connectivity index (χ0v) is 20.7. The molecule has 0 saturated carbocycles. The van der Waals surface area contributed by atoms with Crippen molar-refractivity contribution in [2.75, 3.05) is 4.72 Å². The van der Waals surface area contributed by atoms with Crippen LogP contribution in [0.4, 0.5) is 18.9 Å². The number of ether oxygens (including phenoxy) is 1. The molecular formula is C27H26F3NO5S. The molecule has 3 aromatic rings. The number of nitrogens with one attached hydrogen (secondary N) is 1. The molecule has 0 heterocycles. The summed E-state index contributed by atoms with van der Waals surface area (Å²) < 4.78 is 74.4. The molecule has 0 spiro atoms. The minimum atomic E-state index is -4.65. The quantitative estimate of drug-likeness (QED) is 0.289. The van der Waals surface area contributed by atoms with Crippen molar-refractivity contribution < 1.29 is 36.2 Å². The summed E-state index contributed by atoms with van der Waals surface area (Å²) in [6.45, 7) is 1.59. The predicted octanol–water partition coefficient (Wildman–Crippen LogP) is 6.15. The second kappa shape index (κ2) is 12.0. The van der Waals surface area contributed by atoms with E-state index in [9.17, 15) is 26.4 Å². The Hall–Kier alpha value is -3.79. The molecule has 0 radical (unpaired) electrons.